The van der Waals surface area contributed by atoms with Crippen molar-refractivity contribution in [2.75, 3.05) is 11.5 Å². The fourth-order valence-corrected chi connectivity index (χ4v) is 8.69. The minimum absolute atomic E-state index is 0.119. The number of rotatable bonds is 5. The van der Waals surface area contributed by atoms with E-state index >= 15 is 0 Å². The maximum Gasteiger partial charge on any atom is 0.416 e. The molecule has 4 bridgehead atoms. The summed E-state index contributed by atoms with van der Waals surface area (Å²) in [6.45, 7) is 2.41. The minimum Gasteiger partial charge on any atom is -0.493 e. The first-order chi connectivity index (χ1) is 17.6. The number of amides is 1. The number of alkyl halides is 3. The number of halogens is 3. The monoisotopic (exact) mass is 543 g/mol. The quantitative estimate of drug-likeness (QED) is 0.283. The molecule has 1 heterocycles. The van der Waals surface area contributed by atoms with Crippen molar-refractivity contribution in [2.45, 2.75) is 57.0 Å². The van der Waals surface area contributed by atoms with Crippen LogP contribution in [0, 0.1) is 17.8 Å². The molecular formula is C29H28F3NO2S2. The molecule has 3 nitrogen and oxygen atoms in total. The molecule has 1 amide bonds. The Kier molecular flexibility index (Phi) is 6.18. The zero-order valence-electron chi connectivity index (χ0n) is 20.5. The lowest BCUT2D eigenvalue weighted by Crippen LogP contribution is -2.48. The van der Waals surface area contributed by atoms with Crippen LogP contribution in [0.25, 0.3) is 6.08 Å². The van der Waals surface area contributed by atoms with Crippen LogP contribution in [0.5, 0.6) is 5.75 Å². The summed E-state index contributed by atoms with van der Waals surface area (Å²) in [4.78, 5) is 15.0. The third-order valence-electron chi connectivity index (χ3n) is 8.47. The highest BCUT2D eigenvalue weighted by molar-refractivity contribution is 8.27. The van der Waals surface area contributed by atoms with Gasteiger partial charge in [0.1, 0.15) is 5.75 Å². The highest BCUT2D eigenvalue weighted by Crippen LogP contribution is 2.61. The number of benzene rings is 2. The highest BCUT2D eigenvalue weighted by atomic mass is 32.2. The molecule has 7 rings (SSSR count). The Bertz CT molecular complexity index is 1270. The molecule has 2 aromatic rings. The summed E-state index contributed by atoms with van der Waals surface area (Å²) in [6.07, 6.45) is 5.06. The second kappa shape index (κ2) is 9.16. The number of nitrogens with zero attached hydrogens (tertiary/aromatic N) is 1. The molecule has 4 aliphatic carbocycles. The lowest BCUT2D eigenvalue weighted by Gasteiger charge is -2.57. The lowest BCUT2D eigenvalue weighted by molar-refractivity contribution is -0.137. The Morgan fingerprint density at radius 1 is 1.08 bits per heavy atom. The Morgan fingerprint density at radius 2 is 1.76 bits per heavy atom. The van der Waals surface area contributed by atoms with Gasteiger partial charge in [-0.05, 0) is 111 Å². The van der Waals surface area contributed by atoms with Gasteiger partial charge in [0.05, 0.1) is 22.8 Å². The number of hydrogen-bond acceptors (Lipinski definition) is 4. The van der Waals surface area contributed by atoms with E-state index in [0.29, 0.717) is 17.3 Å². The topological polar surface area (TPSA) is 29.5 Å². The van der Waals surface area contributed by atoms with Gasteiger partial charge >= 0.3 is 6.18 Å². The van der Waals surface area contributed by atoms with Crippen LogP contribution in [-0.4, -0.2) is 16.8 Å². The zero-order valence-corrected chi connectivity index (χ0v) is 22.1. The zero-order chi connectivity index (χ0) is 25.9. The molecule has 0 radical (unpaired) electrons. The van der Waals surface area contributed by atoms with E-state index in [2.05, 4.69) is 12.1 Å². The number of thiocarbonyl (C=S) groups is 1. The van der Waals surface area contributed by atoms with Crippen LogP contribution in [0.4, 0.5) is 18.9 Å². The summed E-state index contributed by atoms with van der Waals surface area (Å²) in [5, 5.41) is 0. The van der Waals surface area contributed by atoms with Gasteiger partial charge in [-0.1, -0.05) is 36.1 Å². The first kappa shape index (κ1) is 25.0. The molecule has 194 valence electrons. The molecular weight excluding hydrogens is 515 g/mol. The molecule has 0 spiro atoms. The van der Waals surface area contributed by atoms with E-state index in [0.717, 1.165) is 47.2 Å². The number of thioether (sulfide) groups is 1. The van der Waals surface area contributed by atoms with Gasteiger partial charge in [0.15, 0.2) is 4.32 Å². The Morgan fingerprint density at radius 3 is 2.38 bits per heavy atom. The predicted molar refractivity (Wildman–Crippen MR) is 145 cm³/mol. The molecule has 1 aliphatic heterocycles. The Balaban J connectivity index is 1.35. The molecule has 2 aromatic carbocycles. The SMILES string of the molecule is CCOc1ccc(C23CC4CC(CC(C4)C2)C3)cc1/C=C1\SC(=S)N(c2cccc(C(F)(F)F)c2)C1=O. The second-order valence-electron chi connectivity index (χ2n) is 10.9. The fourth-order valence-electron chi connectivity index (χ4n) is 7.40. The van der Waals surface area contributed by atoms with Gasteiger partial charge in [-0.25, -0.2) is 0 Å². The summed E-state index contributed by atoms with van der Waals surface area (Å²) in [5.41, 5.74) is 1.63. The first-order valence-electron chi connectivity index (χ1n) is 12.9. The largest absolute Gasteiger partial charge is 0.493 e. The second-order valence-corrected chi connectivity index (χ2v) is 12.6. The van der Waals surface area contributed by atoms with Crippen molar-refractivity contribution < 1.29 is 22.7 Å². The predicted octanol–water partition coefficient (Wildman–Crippen LogP) is 7.98. The molecule has 5 fully saturated rings. The molecule has 4 saturated carbocycles. The number of ether oxygens (including phenoxy) is 1. The van der Waals surface area contributed by atoms with Gasteiger partial charge in [-0.2, -0.15) is 13.2 Å². The van der Waals surface area contributed by atoms with Gasteiger partial charge in [-0.15, -0.1) is 0 Å². The lowest BCUT2D eigenvalue weighted by atomic mass is 9.48. The Hall–Kier alpha value is -2.32. The van der Waals surface area contributed by atoms with Crippen molar-refractivity contribution >= 4 is 46.0 Å². The van der Waals surface area contributed by atoms with E-state index < -0.39 is 17.6 Å². The molecule has 0 atom stereocenters. The number of carbonyl (C=O) groups is 1. The van der Waals surface area contributed by atoms with E-state index in [1.54, 1.807) is 6.08 Å². The van der Waals surface area contributed by atoms with Crippen molar-refractivity contribution in [1.82, 2.24) is 0 Å². The molecule has 1 saturated heterocycles. The average molecular weight is 544 g/mol. The highest BCUT2D eigenvalue weighted by Gasteiger charge is 2.51. The van der Waals surface area contributed by atoms with Crippen molar-refractivity contribution in [3.63, 3.8) is 0 Å². The maximum absolute atomic E-state index is 13.4. The number of anilines is 1. The van der Waals surface area contributed by atoms with Crippen LogP contribution in [0.1, 0.15) is 62.1 Å². The van der Waals surface area contributed by atoms with Gasteiger partial charge in [0.25, 0.3) is 5.91 Å². The van der Waals surface area contributed by atoms with Crippen LogP contribution < -0.4 is 9.64 Å². The summed E-state index contributed by atoms with van der Waals surface area (Å²) >= 11 is 6.54. The van der Waals surface area contributed by atoms with Crippen LogP contribution in [-0.2, 0) is 16.4 Å². The average Bonchev–Trinajstić information content (AvgIpc) is 3.11. The fraction of sp³-hybridized carbons (Fsp3) is 0.448. The molecule has 8 heteroatoms. The molecule has 5 aliphatic rings. The van der Waals surface area contributed by atoms with Crippen LogP contribution in [0.2, 0.25) is 0 Å². The summed E-state index contributed by atoms with van der Waals surface area (Å²) in [5.74, 6) is 2.71. The van der Waals surface area contributed by atoms with Gasteiger partial charge in [0.2, 0.25) is 0 Å². The third-order valence-corrected chi connectivity index (χ3v) is 9.77. The van der Waals surface area contributed by atoms with Crippen molar-refractivity contribution in [2.24, 2.45) is 17.8 Å². The van der Waals surface area contributed by atoms with Gasteiger partial charge in [-0.3, -0.25) is 9.69 Å². The molecule has 37 heavy (non-hydrogen) atoms. The maximum atomic E-state index is 13.4. The van der Waals surface area contributed by atoms with Crippen molar-refractivity contribution in [1.29, 1.82) is 0 Å². The molecule has 0 unspecified atom stereocenters. The van der Waals surface area contributed by atoms with Crippen LogP contribution in [0.15, 0.2) is 47.4 Å². The van der Waals surface area contributed by atoms with Crippen molar-refractivity contribution in [3.05, 3.63) is 64.1 Å². The summed E-state index contributed by atoms with van der Waals surface area (Å²) in [6, 6.07) is 11.1. The Labute approximate surface area is 224 Å². The van der Waals surface area contributed by atoms with E-state index in [1.165, 1.54) is 61.1 Å². The number of carbonyl (C=O) groups excluding carboxylic acids is 1. The molecule has 0 aromatic heterocycles. The third kappa shape index (κ3) is 4.50. The van der Waals surface area contributed by atoms with Crippen molar-refractivity contribution in [3.8, 4) is 5.75 Å². The van der Waals surface area contributed by atoms with E-state index in [-0.39, 0.29) is 15.4 Å². The van der Waals surface area contributed by atoms with Gasteiger partial charge < -0.3 is 4.74 Å². The first-order valence-corrected chi connectivity index (χ1v) is 14.1. The van der Waals surface area contributed by atoms with E-state index in [9.17, 15) is 18.0 Å². The summed E-state index contributed by atoms with van der Waals surface area (Å²) < 4.78 is 45.9. The summed E-state index contributed by atoms with van der Waals surface area (Å²) in [7, 11) is 0. The van der Waals surface area contributed by atoms with Crippen LogP contribution >= 0.6 is 24.0 Å². The van der Waals surface area contributed by atoms with Gasteiger partial charge in [0, 0.05) is 5.56 Å². The minimum atomic E-state index is -4.50. The smallest absolute Gasteiger partial charge is 0.416 e. The normalized spacial score (nSPS) is 30.0. The van der Waals surface area contributed by atoms with Crippen LogP contribution in [0.3, 0.4) is 0 Å². The number of hydrogen-bond donors (Lipinski definition) is 0. The van der Waals surface area contributed by atoms with E-state index in [1.807, 2.05) is 13.0 Å². The standard InChI is InChI=1S/C29H28F3NO2S2/c1-2-35-24-7-6-21(28-14-17-8-18(15-28)10-19(9-17)16-28)11-20(24)12-25-26(34)33(27(36)37-25)23-5-3-4-22(13-23)29(30,31)32/h3-7,11-13,17-19H,2,8-10,14-16H2,1H3/b25-12-. The van der Waals surface area contributed by atoms with E-state index in [4.69, 9.17) is 17.0 Å². The molecule has 0 N–H and O–H groups in total.